The van der Waals surface area contributed by atoms with E-state index in [0.717, 1.165) is 5.75 Å². The van der Waals surface area contributed by atoms with E-state index >= 15 is 0 Å². The summed E-state index contributed by atoms with van der Waals surface area (Å²) >= 11 is 0. The predicted molar refractivity (Wildman–Crippen MR) is 88.8 cm³/mol. The van der Waals surface area contributed by atoms with Crippen molar-refractivity contribution >= 4 is 0 Å². The molecular weight excluding hydrogens is 260 g/mol. The van der Waals surface area contributed by atoms with Crippen LogP contribution in [0.4, 0.5) is 0 Å². The van der Waals surface area contributed by atoms with Crippen LogP contribution in [0.2, 0.25) is 0 Å². The average molecular weight is 290 g/mol. The summed E-state index contributed by atoms with van der Waals surface area (Å²) in [6.45, 7) is 2.14. The molecule has 21 heavy (non-hydrogen) atoms. The smallest absolute Gasteiger partial charge is 0.119 e. The highest BCUT2D eigenvalue weighted by Crippen LogP contribution is 2.41. The van der Waals surface area contributed by atoms with Crippen LogP contribution in [-0.2, 0) is 0 Å². The van der Waals surface area contributed by atoms with Crippen LogP contribution in [0.3, 0.4) is 0 Å². The lowest BCUT2D eigenvalue weighted by atomic mass is 9.77. The van der Waals surface area contributed by atoms with E-state index < -0.39 is 0 Å². The molecular formula is C18H30N2O. The van der Waals surface area contributed by atoms with Gasteiger partial charge in [0.2, 0.25) is 0 Å². The molecule has 3 heteroatoms. The predicted octanol–water partition coefficient (Wildman–Crippen LogP) is 3.66. The van der Waals surface area contributed by atoms with Crippen LogP contribution >= 0.6 is 0 Å². The minimum absolute atomic E-state index is 0.0523. The molecule has 1 unspecified atom stereocenters. The first-order valence-corrected chi connectivity index (χ1v) is 8.09. The van der Waals surface area contributed by atoms with E-state index in [4.69, 9.17) is 10.5 Å². The molecule has 0 spiro atoms. The third-order valence-electron chi connectivity index (χ3n) is 5.25. The van der Waals surface area contributed by atoms with E-state index in [1.165, 1.54) is 49.7 Å². The normalized spacial score (nSPS) is 20.1. The maximum atomic E-state index is 6.78. The standard InChI is InChI=1S/C18H30N2O/c1-14-13-15(21-4)9-10-16(14)17(19)18(20(2)3)11-7-5-6-8-12-18/h9-10,13,17H,5-8,11-12,19H2,1-4H3. The second kappa shape index (κ2) is 6.80. The molecule has 0 aliphatic heterocycles. The van der Waals surface area contributed by atoms with Gasteiger partial charge in [0.15, 0.2) is 0 Å². The van der Waals surface area contributed by atoms with Crippen molar-refractivity contribution in [3.8, 4) is 5.75 Å². The van der Waals surface area contributed by atoms with Crippen molar-refractivity contribution in [1.82, 2.24) is 4.90 Å². The van der Waals surface area contributed by atoms with Gasteiger partial charge in [-0.15, -0.1) is 0 Å². The van der Waals surface area contributed by atoms with Crippen molar-refractivity contribution in [2.75, 3.05) is 21.2 Å². The molecule has 2 rings (SSSR count). The second-order valence-electron chi connectivity index (χ2n) is 6.61. The number of methoxy groups -OCH3 is 1. The van der Waals surface area contributed by atoms with Gasteiger partial charge in [0.05, 0.1) is 7.11 Å². The van der Waals surface area contributed by atoms with Crippen molar-refractivity contribution in [2.24, 2.45) is 5.73 Å². The Hall–Kier alpha value is -1.06. The number of nitrogens with two attached hydrogens (primary N) is 1. The molecule has 3 nitrogen and oxygen atoms in total. The minimum Gasteiger partial charge on any atom is -0.497 e. The molecule has 0 bridgehead atoms. The Kier molecular flexibility index (Phi) is 5.28. The molecule has 0 heterocycles. The van der Waals surface area contributed by atoms with Crippen molar-refractivity contribution in [3.63, 3.8) is 0 Å². The molecule has 2 N–H and O–H groups in total. The lowest BCUT2D eigenvalue weighted by Gasteiger charge is -2.45. The molecule has 1 fully saturated rings. The van der Waals surface area contributed by atoms with Gasteiger partial charge in [-0.2, -0.15) is 0 Å². The van der Waals surface area contributed by atoms with Crippen molar-refractivity contribution in [3.05, 3.63) is 29.3 Å². The minimum atomic E-state index is 0.0523. The topological polar surface area (TPSA) is 38.5 Å². The fourth-order valence-corrected chi connectivity index (χ4v) is 3.79. The van der Waals surface area contributed by atoms with Gasteiger partial charge in [-0.05, 0) is 57.1 Å². The van der Waals surface area contributed by atoms with Crippen molar-refractivity contribution in [2.45, 2.75) is 57.0 Å². The van der Waals surface area contributed by atoms with Crippen LogP contribution in [0.5, 0.6) is 5.75 Å². The highest BCUT2D eigenvalue weighted by atomic mass is 16.5. The number of likely N-dealkylation sites (N-methyl/N-ethyl adjacent to an activating group) is 1. The zero-order valence-corrected chi connectivity index (χ0v) is 14.0. The Labute approximate surface area is 129 Å². The molecule has 0 radical (unpaired) electrons. The molecule has 1 atom stereocenters. The van der Waals surface area contributed by atoms with Gasteiger partial charge in [-0.25, -0.2) is 0 Å². The third kappa shape index (κ3) is 3.24. The summed E-state index contributed by atoms with van der Waals surface area (Å²) < 4.78 is 5.32. The van der Waals surface area contributed by atoms with Gasteiger partial charge in [0.1, 0.15) is 5.75 Å². The van der Waals surface area contributed by atoms with Gasteiger partial charge in [0, 0.05) is 11.6 Å². The third-order valence-corrected chi connectivity index (χ3v) is 5.25. The van der Waals surface area contributed by atoms with Crippen LogP contribution < -0.4 is 10.5 Å². The monoisotopic (exact) mass is 290 g/mol. The van der Waals surface area contributed by atoms with Gasteiger partial charge in [-0.3, -0.25) is 0 Å². The average Bonchev–Trinajstić information content (AvgIpc) is 2.73. The number of aryl methyl sites for hydroxylation is 1. The summed E-state index contributed by atoms with van der Waals surface area (Å²) in [7, 11) is 6.08. The summed E-state index contributed by atoms with van der Waals surface area (Å²) in [6, 6.07) is 6.32. The highest BCUT2D eigenvalue weighted by Gasteiger charge is 2.40. The van der Waals surface area contributed by atoms with E-state index in [1.54, 1.807) is 7.11 Å². The zero-order valence-electron chi connectivity index (χ0n) is 14.0. The van der Waals surface area contributed by atoms with Crippen molar-refractivity contribution < 1.29 is 4.74 Å². The van der Waals surface area contributed by atoms with Gasteiger partial charge in [-0.1, -0.05) is 31.7 Å². The lowest BCUT2D eigenvalue weighted by Crippen LogP contribution is -2.52. The molecule has 118 valence electrons. The van der Waals surface area contributed by atoms with Crippen LogP contribution in [0.15, 0.2) is 18.2 Å². The summed E-state index contributed by atoms with van der Waals surface area (Å²) in [5, 5.41) is 0. The molecule has 1 aromatic rings. The molecule has 0 saturated heterocycles. The molecule has 1 aromatic carbocycles. The first-order valence-electron chi connectivity index (χ1n) is 8.09. The SMILES string of the molecule is COc1ccc(C(N)C2(N(C)C)CCCCCC2)c(C)c1. The fraction of sp³-hybridized carbons (Fsp3) is 0.667. The highest BCUT2D eigenvalue weighted by molar-refractivity contribution is 5.38. The summed E-state index contributed by atoms with van der Waals surface area (Å²) in [5.41, 5.74) is 9.35. The maximum Gasteiger partial charge on any atom is 0.119 e. The first kappa shape index (κ1) is 16.3. The number of rotatable bonds is 4. The molecule has 0 aromatic heterocycles. The zero-order chi connectivity index (χ0) is 15.5. The quantitative estimate of drug-likeness (QED) is 0.860. The van der Waals surface area contributed by atoms with Crippen LogP contribution in [-0.4, -0.2) is 31.6 Å². The maximum absolute atomic E-state index is 6.78. The molecule has 1 aliphatic carbocycles. The number of ether oxygens (including phenoxy) is 1. The van der Waals surface area contributed by atoms with E-state index in [0.29, 0.717) is 0 Å². The number of hydrogen-bond acceptors (Lipinski definition) is 3. The van der Waals surface area contributed by atoms with E-state index in [-0.39, 0.29) is 11.6 Å². The lowest BCUT2D eigenvalue weighted by molar-refractivity contribution is 0.0966. The van der Waals surface area contributed by atoms with Gasteiger partial charge in [0.25, 0.3) is 0 Å². The number of nitrogens with zero attached hydrogens (tertiary/aromatic N) is 1. The summed E-state index contributed by atoms with van der Waals surface area (Å²) in [6.07, 6.45) is 7.61. The number of benzene rings is 1. The fourth-order valence-electron chi connectivity index (χ4n) is 3.79. The summed E-state index contributed by atoms with van der Waals surface area (Å²) in [5.74, 6) is 0.906. The largest absolute Gasteiger partial charge is 0.497 e. The number of hydrogen-bond donors (Lipinski definition) is 1. The van der Waals surface area contributed by atoms with Crippen LogP contribution in [0.1, 0.15) is 55.7 Å². The Morgan fingerprint density at radius 2 is 1.76 bits per heavy atom. The van der Waals surface area contributed by atoms with E-state index in [1.807, 2.05) is 6.07 Å². The molecule has 0 amide bonds. The van der Waals surface area contributed by atoms with Crippen LogP contribution in [0.25, 0.3) is 0 Å². The van der Waals surface area contributed by atoms with Crippen LogP contribution in [0, 0.1) is 6.92 Å². The van der Waals surface area contributed by atoms with Crippen molar-refractivity contribution in [1.29, 1.82) is 0 Å². The summed E-state index contributed by atoms with van der Waals surface area (Å²) in [4.78, 5) is 2.37. The Bertz CT molecular complexity index is 462. The molecule has 1 saturated carbocycles. The van der Waals surface area contributed by atoms with E-state index in [2.05, 4.69) is 38.1 Å². The van der Waals surface area contributed by atoms with Gasteiger partial charge >= 0.3 is 0 Å². The Balaban J connectivity index is 2.36. The van der Waals surface area contributed by atoms with E-state index in [9.17, 15) is 0 Å². The second-order valence-corrected chi connectivity index (χ2v) is 6.61. The Morgan fingerprint density at radius 1 is 1.14 bits per heavy atom. The van der Waals surface area contributed by atoms with Gasteiger partial charge < -0.3 is 15.4 Å². The molecule has 1 aliphatic rings. The Morgan fingerprint density at radius 3 is 2.24 bits per heavy atom. The first-order chi connectivity index (χ1) is 10.0.